The number of hydrazone groups is 1. The van der Waals surface area contributed by atoms with Gasteiger partial charge >= 0.3 is 0 Å². The Morgan fingerprint density at radius 3 is 1.89 bits per heavy atom. The number of hydrogen-bond donors (Lipinski definition) is 0. The lowest BCUT2D eigenvalue weighted by molar-refractivity contribution is 0.101. The maximum Gasteiger partial charge on any atom is 0.159 e. The van der Waals surface area contributed by atoms with Crippen LogP contribution in [-0.2, 0) is 0 Å². The summed E-state index contributed by atoms with van der Waals surface area (Å²) in [7, 11) is 1.65. The first kappa shape index (κ1) is 18.4. The molecule has 0 aromatic heterocycles. The van der Waals surface area contributed by atoms with Crippen molar-refractivity contribution in [3.8, 4) is 5.75 Å². The van der Waals surface area contributed by atoms with Crippen LogP contribution in [0.4, 0.5) is 11.4 Å². The molecule has 0 aliphatic heterocycles. The summed E-state index contributed by atoms with van der Waals surface area (Å²) in [5.74, 6) is 0.858. The maximum atomic E-state index is 11.6. The van der Waals surface area contributed by atoms with Crippen molar-refractivity contribution in [2.24, 2.45) is 5.10 Å². The fourth-order valence-electron chi connectivity index (χ4n) is 2.71. The van der Waals surface area contributed by atoms with Gasteiger partial charge in [-0.15, -0.1) is 0 Å². The van der Waals surface area contributed by atoms with E-state index in [1.54, 1.807) is 14.0 Å². The minimum Gasteiger partial charge on any atom is -0.497 e. The summed E-state index contributed by atoms with van der Waals surface area (Å²) >= 11 is 0. The van der Waals surface area contributed by atoms with Crippen LogP contribution in [0, 0.1) is 0 Å². The molecule has 0 atom stereocenters. The smallest absolute Gasteiger partial charge is 0.159 e. The maximum absolute atomic E-state index is 11.6. The Bertz CT molecular complexity index is 930. The third-order valence-corrected chi connectivity index (χ3v) is 4.28. The molecule has 136 valence electrons. The fourth-order valence-corrected chi connectivity index (χ4v) is 2.71. The number of nitrogens with zero attached hydrogens (tertiary/aromatic N) is 2. The zero-order valence-corrected chi connectivity index (χ0v) is 15.7. The van der Waals surface area contributed by atoms with Gasteiger partial charge in [-0.25, -0.2) is 5.01 Å². The summed E-state index contributed by atoms with van der Waals surface area (Å²) in [6, 6.07) is 25.2. The van der Waals surface area contributed by atoms with E-state index in [0.717, 1.165) is 28.4 Å². The quantitative estimate of drug-likeness (QED) is 0.334. The summed E-state index contributed by atoms with van der Waals surface area (Å²) < 4.78 is 5.22. The minimum atomic E-state index is 0.0470. The van der Waals surface area contributed by atoms with Gasteiger partial charge in [-0.2, -0.15) is 5.10 Å². The van der Waals surface area contributed by atoms with Crippen LogP contribution in [0.3, 0.4) is 0 Å². The number of carbonyl (C=O) groups is 1. The van der Waals surface area contributed by atoms with Gasteiger partial charge in [-0.3, -0.25) is 4.79 Å². The van der Waals surface area contributed by atoms with Crippen LogP contribution in [0.15, 0.2) is 84.0 Å². The van der Waals surface area contributed by atoms with Crippen LogP contribution in [0.5, 0.6) is 5.75 Å². The van der Waals surface area contributed by atoms with Crippen molar-refractivity contribution in [3.63, 3.8) is 0 Å². The molecule has 0 bridgehead atoms. The summed E-state index contributed by atoms with van der Waals surface area (Å²) in [6.45, 7) is 3.54. The standard InChI is InChI=1S/C23H22N2O2/c1-17(19-11-15-23(27-3)16-12-19)24-25(21-7-5-4-6-8-21)22-13-9-20(10-14-22)18(2)26/h4-16H,1-3H3. The molecule has 0 radical (unpaired) electrons. The third kappa shape index (κ3) is 4.42. The molecule has 4 heteroatoms. The lowest BCUT2D eigenvalue weighted by Crippen LogP contribution is -2.12. The van der Waals surface area contributed by atoms with E-state index in [1.807, 2.05) is 90.8 Å². The highest BCUT2D eigenvalue weighted by Crippen LogP contribution is 2.27. The number of para-hydroxylation sites is 1. The average Bonchev–Trinajstić information content (AvgIpc) is 2.72. The lowest BCUT2D eigenvalue weighted by atomic mass is 10.1. The number of ketones is 1. The van der Waals surface area contributed by atoms with Gasteiger partial charge in [0.05, 0.1) is 24.2 Å². The van der Waals surface area contributed by atoms with Crippen molar-refractivity contribution >= 4 is 22.9 Å². The highest BCUT2D eigenvalue weighted by molar-refractivity contribution is 6.00. The largest absolute Gasteiger partial charge is 0.497 e. The summed E-state index contributed by atoms with van der Waals surface area (Å²) in [6.07, 6.45) is 0. The second-order valence-electron chi connectivity index (χ2n) is 6.16. The second-order valence-corrected chi connectivity index (χ2v) is 6.16. The number of rotatable bonds is 6. The molecule has 0 saturated heterocycles. The van der Waals surface area contributed by atoms with E-state index < -0.39 is 0 Å². The normalized spacial score (nSPS) is 11.1. The highest BCUT2D eigenvalue weighted by Gasteiger charge is 2.10. The summed E-state index contributed by atoms with van der Waals surface area (Å²) in [5.41, 5.74) is 4.40. The molecule has 3 rings (SSSR count). The molecular formula is C23H22N2O2. The topological polar surface area (TPSA) is 41.9 Å². The van der Waals surface area contributed by atoms with Crippen molar-refractivity contribution in [3.05, 3.63) is 90.0 Å². The Labute approximate surface area is 159 Å². The van der Waals surface area contributed by atoms with Crippen LogP contribution < -0.4 is 9.75 Å². The Balaban J connectivity index is 2.00. The van der Waals surface area contributed by atoms with Gasteiger partial charge in [0.25, 0.3) is 0 Å². The molecule has 3 aromatic rings. The summed E-state index contributed by atoms with van der Waals surface area (Å²) in [4.78, 5) is 11.6. The van der Waals surface area contributed by atoms with Crippen molar-refractivity contribution < 1.29 is 9.53 Å². The van der Waals surface area contributed by atoms with Gasteiger partial charge in [0.2, 0.25) is 0 Å². The molecule has 27 heavy (non-hydrogen) atoms. The van der Waals surface area contributed by atoms with Gasteiger partial charge in [0.1, 0.15) is 5.75 Å². The number of benzene rings is 3. The Morgan fingerprint density at radius 2 is 1.33 bits per heavy atom. The Kier molecular flexibility index (Phi) is 5.67. The van der Waals surface area contributed by atoms with E-state index in [2.05, 4.69) is 0 Å². The average molecular weight is 358 g/mol. The fraction of sp³-hybridized carbons (Fsp3) is 0.130. The number of methoxy groups -OCH3 is 1. The van der Waals surface area contributed by atoms with E-state index in [4.69, 9.17) is 9.84 Å². The predicted octanol–water partition coefficient (Wildman–Crippen LogP) is 5.46. The van der Waals surface area contributed by atoms with Crippen LogP contribution in [-0.4, -0.2) is 18.6 Å². The second kappa shape index (κ2) is 8.32. The van der Waals surface area contributed by atoms with Gasteiger partial charge in [0.15, 0.2) is 5.78 Å². The molecule has 4 nitrogen and oxygen atoms in total. The molecule has 0 heterocycles. The first-order valence-electron chi connectivity index (χ1n) is 8.74. The van der Waals surface area contributed by atoms with Crippen molar-refractivity contribution in [2.75, 3.05) is 12.1 Å². The first-order chi connectivity index (χ1) is 13.1. The monoisotopic (exact) mass is 358 g/mol. The third-order valence-electron chi connectivity index (χ3n) is 4.28. The van der Waals surface area contributed by atoms with Gasteiger partial charge in [-0.1, -0.05) is 18.2 Å². The molecule has 0 spiro atoms. The first-order valence-corrected chi connectivity index (χ1v) is 8.74. The Morgan fingerprint density at radius 1 is 0.778 bits per heavy atom. The van der Waals surface area contributed by atoms with E-state index in [0.29, 0.717) is 5.56 Å². The van der Waals surface area contributed by atoms with Crippen molar-refractivity contribution in [1.29, 1.82) is 0 Å². The molecule has 0 aliphatic rings. The van der Waals surface area contributed by atoms with Crippen LogP contribution in [0.1, 0.15) is 29.8 Å². The summed E-state index contributed by atoms with van der Waals surface area (Å²) in [5, 5.41) is 6.72. The highest BCUT2D eigenvalue weighted by atomic mass is 16.5. The van der Waals surface area contributed by atoms with Crippen LogP contribution >= 0.6 is 0 Å². The molecular weight excluding hydrogens is 336 g/mol. The molecule has 0 aliphatic carbocycles. The minimum absolute atomic E-state index is 0.0470. The van der Waals surface area contributed by atoms with Crippen LogP contribution in [0.25, 0.3) is 0 Å². The van der Waals surface area contributed by atoms with Crippen molar-refractivity contribution in [1.82, 2.24) is 0 Å². The number of Topliss-reactive ketones (excluding diaryl/α,β-unsaturated/α-hetero) is 1. The SMILES string of the molecule is COc1ccc(C(C)=NN(c2ccccc2)c2ccc(C(C)=O)cc2)cc1. The number of anilines is 2. The van der Waals surface area contributed by atoms with Crippen LogP contribution in [0.2, 0.25) is 0 Å². The van der Waals surface area contributed by atoms with Gasteiger partial charge < -0.3 is 4.74 Å². The Hall–Kier alpha value is -3.40. The molecule has 0 N–H and O–H groups in total. The van der Waals surface area contributed by atoms with E-state index in [-0.39, 0.29) is 5.78 Å². The molecule has 0 saturated carbocycles. The van der Waals surface area contributed by atoms with Gasteiger partial charge in [0, 0.05) is 5.56 Å². The zero-order chi connectivity index (χ0) is 19.2. The van der Waals surface area contributed by atoms with Gasteiger partial charge in [-0.05, 0) is 80.1 Å². The molecule has 0 fully saturated rings. The number of hydrogen-bond acceptors (Lipinski definition) is 4. The molecule has 3 aromatic carbocycles. The van der Waals surface area contributed by atoms with E-state index in [1.165, 1.54) is 0 Å². The predicted molar refractivity (Wildman–Crippen MR) is 110 cm³/mol. The van der Waals surface area contributed by atoms with Crippen molar-refractivity contribution in [2.45, 2.75) is 13.8 Å². The van der Waals surface area contributed by atoms with E-state index in [9.17, 15) is 4.79 Å². The van der Waals surface area contributed by atoms with E-state index >= 15 is 0 Å². The zero-order valence-electron chi connectivity index (χ0n) is 15.7. The lowest BCUT2D eigenvalue weighted by Gasteiger charge is -2.21. The number of ether oxygens (including phenoxy) is 1. The number of carbonyl (C=O) groups excluding carboxylic acids is 1. The molecule has 0 amide bonds. The molecule has 0 unspecified atom stereocenters.